The van der Waals surface area contributed by atoms with Crippen LogP contribution in [0.15, 0.2) is 21.1 Å². The lowest BCUT2D eigenvalue weighted by Crippen LogP contribution is -2.48. The number of nitrogens with two attached hydrogens (primary N) is 1. The van der Waals surface area contributed by atoms with E-state index in [1.165, 1.54) is 5.56 Å². The summed E-state index contributed by atoms with van der Waals surface area (Å²) in [7, 11) is 0. The van der Waals surface area contributed by atoms with Crippen molar-refractivity contribution in [1.29, 1.82) is 0 Å². The molecule has 0 saturated carbocycles. The van der Waals surface area contributed by atoms with E-state index < -0.39 is 0 Å². The Hall–Kier alpha value is 0.480. The molecule has 0 amide bonds. The summed E-state index contributed by atoms with van der Waals surface area (Å²) in [6, 6.07) is 4.49. The topological polar surface area (TPSA) is 41.3 Å². The number of piperazine rings is 1. The molecule has 7 heteroatoms. The fraction of sp³-hybridized carbons (Fsp3) is 0.600. The SMILES string of the molecule is CC(C)(C)[C@@H](c1cc(Br)cc(Br)c1N)N1CCNCC1.Cl.Cl. The van der Waals surface area contributed by atoms with Gasteiger partial charge in [-0.25, -0.2) is 0 Å². The third-order valence-corrected chi connectivity index (χ3v) is 4.87. The largest absolute Gasteiger partial charge is 0.398 e. The lowest BCUT2D eigenvalue weighted by Gasteiger charge is -2.43. The smallest absolute Gasteiger partial charge is 0.0508 e. The van der Waals surface area contributed by atoms with Gasteiger partial charge in [0.15, 0.2) is 0 Å². The van der Waals surface area contributed by atoms with Gasteiger partial charge in [-0.15, -0.1) is 24.8 Å². The second-order valence-corrected chi connectivity index (χ2v) is 8.22. The highest BCUT2D eigenvalue weighted by Gasteiger charge is 2.34. The van der Waals surface area contributed by atoms with Gasteiger partial charge in [-0.1, -0.05) is 36.7 Å². The fourth-order valence-electron chi connectivity index (χ4n) is 2.98. The number of halogens is 4. The van der Waals surface area contributed by atoms with Crippen LogP contribution in [0.25, 0.3) is 0 Å². The minimum absolute atomic E-state index is 0. The molecule has 0 spiro atoms. The van der Waals surface area contributed by atoms with Crippen LogP contribution in [0.2, 0.25) is 0 Å². The molecule has 3 nitrogen and oxygen atoms in total. The number of rotatable bonds is 2. The summed E-state index contributed by atoms with van der Waals surface area (Å²) in [6.45, 7) is 11.1. The van der Waals surface area contributed by atoms with Gasteiger partial charge in [0.25, 0.3) is 0 Å². The Morgan fingerprint density at radius 3 is 2.18 bits per heavy atom. The number of hydrogen-bond acceptors (Lipinski definition) is 3. The van der Waals surface area contributed by atoms with E-state index in [-0.39, 0.29) is 30.2 Å². The molecule has 1 aromatic carbocycles. The van der Waals surface area contributed by atoms with Gasteiger partial charge in [0.1, 0.15) is 0 Å². The molecule has 22 heavy (non-hydrogen) atoms. The highest BCUT2D eigenvalue weighted by Crippen LogP contribution is 2.43. The van der Waals surface area contributed by atoms with E-state index >= 15 is 0 Å². The van der Waals surface area contributed by atoms with Gasteiger partial charge in [-0.3, -0.25) is 4.90 Å². The first-order chi connectivity index (χ1) is 9.30. The number of anilines is 1. The molecule has 1 aliphatic heterocycles. The molecule has 1 aromatic rings. The number of nitrogens with zero attached hydrogens (tertiary/aromatic N) is 1. The van der Waals surface area contributed by atoms with Gasteiger partial charge in [0.2, 0.25) is 0 Å². The predicted molar refractivity (Wildman–Crippen MR) is 107 cm³/mol. The first-order valence-electron chi connectivity index (χ1n) is 7.00. The van der Waals surface area contributed by atoms with Gasteiger partial charge in [0, 0.05) is 41.2 Å². The van der Waals surface area contributed by atoms with E-state index in [4.69, 9.17) is 5.73 Å². The van der Waals surface area contributed by atoms with Gasteiger partial charge in [0.05, 0.1) is 5.69 Å². The Morgan fingerprint density at radius 1 is 1.14 bits per heavy atom. The molecule has 0 bridgehead atoms. The Morgan fingerprint density at radius 2 is 1.68 bits per heavy atom. The van der Waals surface area contributed by atoms with Crippen LogP contribution in [0, 0.1) is 5.41 Å². The summed E-state index contributed by atoms with van der Waals surface area (Å²) >= 11 is 7.16. The molecule has 1 fully saturated rings. The van der Waals surface area contributed by atoms with Crippen molar-refractivity contribution in [3.05, 3.63) is 26.6 Å². The lowest BCUT2D eigenvalue weighted by atomic mass is 9.80. The molecule has 1 saturated heterocycles. The average molecular weight is 478 g/mol. The predicted octanol–water partition coefficient (Wildman–Crippen LogP) is 4.63. The maximum atomic E-state index is 6.35. The molecule has 1 aliphatic rings. The fourth-order valence-corrected chi connectivity index (χ4v) is 4.24. The van der Waals surface area contributed by atoms with Gasteiger partial charge in [-0.2, -0.15) is 0 Å². The van der Waals surface area contributed by atoms with E-state index in [0.717, 1.165) is 40.8 Å². The number of nitrogen functional groups attached to an aromatic ring is 1. The zero-order valence-corrected chi connectivity index (χ0v) is 18.0. The molecule has 2 rings (SSSR count). The van der Waals surface area contributed by atoms with Crippen LogP contribution < -0.4 is 11.1 Å². The Balaban J connectivity index is 0.00000220. The number of hydrogen-bond donors (Lipinski definition) is 2. The van der Waals surface area contributed by atoms with E-state index in [2.05, 4.69) is 68.9 Å². The van der Waals surface area contributed by atoms with Crippen LogP contribution in [0.5, 0.6) is 0 Å². The van der Waals surface area contributed by atoms with E-state index in [0.29, 0.717) is 6.04 Å². The van der Waals surface area contributed by atoms with Crippen molar-refractivity contribution in [1.82, 2.24) is 10.2 Å². The van der Waals surface area contributed by atoms with Crippen molar-refractivity contribution in [2.75, 3.05) is 31.9 Å². The molecule has 0 aromatic heterocycles. The Bertz CT molecular complexity index is 486. The van der Waals surface area contributed by atoms with Crippen molar-refractivity contribution >= 4 is 62.4 Å². The van der Waals surface area contributed by atoms with Gasteiger partial charge >= 0.3 is 0 Å². The van der Waals surface area contributed by atoms with E-state index in [9.17, 15) is 0 Å². The molecular formula is C15H25Br2Cl2N3. The standard InChI is InChI=1S/C15H23Br2N3.2ClH/c1-15(2,3)14(20-6-4-19-5-7-20)11-8-10(16)9-12(17)13(11)18;;/h8-9,14,19H,4-7,18H2,1-3H3;2*1H/t14-;;/m1../s1. The normalized spacial score (nSPS) is 17.3. The summed E-state index contributed by atoms with van der Waals surface area (Å²) in [5.74, 6) is 0. The maximum Gasteiger partial charge on any atom is 0.0508 e. The summed E-state index contributed by atoms with van der Waals surface area (Å²) in [6.07, 6.45) is 0. The third-order valence-electron chi connectivity index (χ3n) is 3.76. The van der Waals surface area contributed by atoms with Crippen molar-refractivity contribution in [2.45, 2.75) is 26.8 Å². The summed E-state index contributed by atoms with van der Waals surface area (Å²) in [4.78, 5) is 2.54. The van der Waals surface area contributed by atoms with Crippen LogP contribution in [-0.4, -0.2) is 31.1 Å². The third kappa shape index (κ3) is 5.25. The zero-order chi connectivity index (χ0) is 14.9. The number of nitrogens with one attached hydrogen (secondary N) is 1. The average Bonchev–Trinajstić information content (AvgIpc) is 2.35. The summed E-state index contributed by atoms with van der Waals surface area (Å²) in [5.41, 5.74) is 8.54. The monoisotopic (exact) mass is 475 g/mol. The van der Waals surface area contributed by atoms with Crippen molar-refractivity contribution in [2.24, 2.45) is 5.41 Å². The van der Waals surface area contributed by atoms with Gasteiger partial charge < -0.3 is 11.1 Å². The molecule has 1 atom stereocenters. The quantitative estimate of drug-likeness (QED) is 0.610. The molecule has 128 valence electrons. The van der Waals surface area contributed by atoms with E-state index in [1.807, 2.05) is 6.07 Å². The van der Waals surface area contributed by atoms with Crippen molar-refractivity contribution < 1.29 is 0 Å². The highest BCUT2D eigenvalue weighted by atomic mass is 79.9. The maximum absolute atomic E-state index is 6.35. The van der Waals surface area contributed by atoms with Crippen LogP contribution in [0.4, 0.5) is 5.69 Å². The van der Waals surface area contributed by atoms with Crippen LogP contribution >= 0.6 is 56.7 Å². The minimum atomic E-state index is 0. The Labute approximate surface area is 162 Å². The lowest BCUT2D eigenvalue weighted by molar-refractivity contribution is 0.0866. The first-order valence-corrected chi connectivity index (χ1v) is 8.58. The first kappa shape index (κ1) is 22.5. The minimum Gasteiger partial charge on any atom is -0.398 e. The second-order valence-electron chi connectivity index (χ2n) is 6.45. The Kier molecular flexibility index (Phi) is 9.29. The molecule has 0 unspecified atom stereocenters. The van der Waals surface area contributed by atoms with Crippen LogP contribution in [0.1, 0.15) is 32.4 Å². The number of benzene rings is 1. The van der Waals surface area contributed by atoms with Crippen LogP contribution in [0.3, 0.4) is 0 Å². The molecule has 0 aliphatic carbocycles. The molecule has 3 N–H and O–H groups in total. The van der Waals surface area contributed by atoms with Crippen LogP contribution in [-0.2, 0) is 0 Å². The van der Waals surface area contributed by atoms with Gasteiger partial charge in [-0.05, 0) is 39.0 Å². The molecule has 1 heterocycles. The summed E-state index contributed by atoms with van der Waals surface area (Å²) < 4.78 is 2.03. The molecular weight excluding hydrogens is 453 g/mol. The highest BCUT2D eigenvalue weighted by molar-refractivity contribution is 9.11. The summed E-state index contributed by atoms with van der Waals surface area (Å²) in [5, 5.41) is 3.42. The van der Waals surface area contributed by atoms with Crippen molar-refractivity contribution in [3.63, 3.8) is 0 Å². The zero-order valence-electron chi connectivity index (χ0n) is 13.2. The molecule has 0 radical (unpaired) electrons. The van der Waals surface area contributed by atoms with Crippen molar-refractivity contribution in [3.8, 4) is 0 Å². The van der Waals surface area contributed by atoms with E-state index in [1.54, 1.807) is 0 Å². The second kappa shape index (κ2) is 9.09.